The zero-order valence-electron chi connectivity index (χ0n) is 7.91. The molecule has 76 valence electrons. The number of amidine groups is 1. The molecule has 0 aromatic rings. The summed E-state index contributed by atoms with van der Waals surface area (Å²) < 4.78 is 22.3. The maximum atomic E-state index is 11.2. The lowest BCUT2D eigenvalue weighted by atomic mass is 10.4. The van der Waals surface area contributed by atoms with Gasteiger partial charge in [0.05, 0.1) is 11.6 Å². The van der Waals surface area contributed by atoms with Crippen molar-refractivity contribution in [3.05, 3.63) is 0 Å². The third kappa shape index (κ3) is 2.99. The molecule has 0 aliphatic carbocycles. The molecule has 0 atom stereocenters. The summed E-state index contributed by atoms with van der Waals surface area (Å²) in [7, 11) is -2.87. The molecule has 0 spiro atoms. The molecule has 0 radical (unpaired) electrons. The number of hydrogen-bond donors (Lipinski definition) is 1. The summed E-state index contributed by atoms with van der Waals surface area (Å²) in [5.41, 5.74) is 0. The highest BCUT2D eigenvalue weighted by Gasteiger charge is 2.18. The molecule has 0 amide bonds. The molecule has 1 heterocycles. The maximum Gasteiger partial charge on any atom is 0.151 e. The Hall–Kier alpha value is -0.580. The molecular formula is C8H16N2O2S. The fourth-order valence-corrected chi connectivity index (χ4v) is 2.16. The fraction of sp³-hybridized carbons (Fsp3) is 0.875. The minimum atomic E-state index is -2.87. The lowest BCUT2D eigenvalue weighted by Gasteiger charge is -2.16. The molecule has 1 N–H and O–H groups in total. The van der Waals surface area contributed by atoms with E-state index < -0.39 is 9.84 Å². The molecule has 0 bridgehead atoms. The van der Waals surface area contributed by atoms with Crippen LogP contribution in [0, 0.1) is 5.41 Å². The molecule has 1 saturated heterocycles. The number of nitrogens with one attached hydrogen (secondary N) is 1. The largest absolute Gasteiger partial charge is 0.360 e. The number of rotatable bonds is 4. The first-order valence-corrected chi connectivity index (χ1v) is 6.40. The molecule has 1 rings (SSSR count). The fourth-order valence-electron chi connectivity index (χ4n) is 1.37. The van der Waals surface area contributed by atoms with Gasteiger partial charge in [0.25, 0.3) is 0 Å². The summed E-state index contributed by atoms with van der Waals surface area (Å²) in [4.78, 5) is 1.85. The molecule has 0 aromatic carbocycles. The van der Waals surface area contributed by atoms with Gasteiger partial charge in [-0.05, 0) is 6.42 Å². The van der Waals surface area contributed by atoms with Crippen LogP contribution >= 0.6 is 0 Å². The highest BCUT2D eigenvalue weighted by atomic mass is 32.2. The number of likely N-dealkylation sites (tertiary alicyclic amines) is 1. The molecule has 5 heteroatoms. The van der Waals surface area contributed by atoms with E-state index in [0.717, 1.165) is 19.4 Å². The summed E-state index contributed by atoms with van der Waals surface area (Å²) in [5, 5.41) is 7.50. The predicted octanol–water partition coefficient (Wildman–Crippen LogP) is 0.494. The molecule has 0 unspecified atom stereocenters. The molecule has 1 aliphatic rings. The Morgan fingerprint density at radius 2 is 2.23 bits per heavy atom. The quantitative estimate of drug-likeness (QED) is 0.725. The first-order chi connectivity index (χ1) is 6.05. The highest BCUT2D eigenvalue weighted by molar-refractivity contribution is 7.91. The molecule has 4 nitrogen and oxygen atoms in total. The van der Waals surface area contributed by atoms with Crippen molar-refractivity contribution >= 4 is 15.7 Å². The summed E-state index contributed by atoms with van der Waals surface area (Å²) in [6.07, 6.45) is 1.79. The Morgan fingerprint density at radius 1 is 1.54 bits per heavy atom. The van der Waals surface area contributed by atoms with E-state index in [0.29, 0.717) is 12.4 Å². The van der Waals surface area contributed by atoms with Crippen LogP contribution in [0.1, 0.15) is 19.8 Å². The lowest BCUT2D eigenvalue weighted by molar-refractivity contribution is 0.473. The highest BCUT2D eigenvalue weighted by Crippen LogP contribution is 2.09. The lowest BCUT2D eigenvalue weighted by Crippen LogP contribution is -2.30. The Bertz CT molecular complexity index is 285. The van der Waals surface area contributed by atoms with E-state index in [-0.39, 0.29) is 11.5 Å². The van der Waals surface area contributed by atoms with E-state index in [4.69, 9.17) is 5.41 Å². The predicted molar refractivity (Wildman–Crippen MR) is 52.9 cm³/mol. The summed E-state index contributed by atoms with van der Waals surface area (Å²) in [5.74, 6) is 0.978. The van der Waals surface area contributed by atoms with Crippen LogP contribution < -0.4 is 0 Å². The van der Waals surface area contributed by atoms with Gasteiger partial charge in [-0.2, -0.15) is 0 Å². The van der Waals surface area contributed by atoms with Crippen molar-refractivity contribution < 1.29 is 8.42 Å². The van der Waals surface area contributed by atoms with Gasteiger partial charge in [-0.1, -0.05) is 6.92 Å². The summed E-state index contributed by atoms with van der Waals surface area (Å²) in [6.45, 7) is 3.00. The third-order valence-corrected chi connectivity index (χ3v) is 4.02. The molecular weight excluding hydrogens is 188 g/mol. The van der Waals surface area contributed by atoms with Gasteiger partial charge in [0.15, 0.2) is 9.84 Å². The second kappa shape index (κ2) is 4.09. The van der Waals surface area contributed by atoms with E-state index in [2.05, 4.69) is 0 Å². The minimum Gasteiger partial charge on any atom is -0.360 e. The maximum absolute atomic E-state index is 11.2. The van der Waals surface area contributed by atoms with Crippen LogP contribution in [0.15, 0.2) is 0 Å². The van der Waals surface area contributed by atoms with E-state index in [1.165, 1.54) is 0 Å². The van der Waals surface area contributed by atoms with Gasteiger partial charge in [0.1, 0.15) is 0 Å². The van der Waals surface area contributed by atoms with Gasteiger partial charge in [0, 0.05) is 25.3 Å². The van der Waals surface area contributed by atoms with Crippen LogP contribution in [0.5, 0.6) is 0 Å². The van der Waals surface area contributed by atoms with Gasteiger partial charge < -0.3 is 4.90 Å². The van der Waals surface area contributed by atoms with Gasteiger partial charge in [-0.3, -0.25) is 5.41 Å². The average molecular weight is 204 g/mol. The van der Waals surface area contributed by atoms with Crippen molar-refractivity contribution in [3.63, 3.8) is 0 Å². The van der Waals surface area contributed by atoms with Gasteiger partial charge in [-0.25, -0.2) is 8.42 Å². The Labute approximate surface area is 79.4 Å². The first kappa shape index (κ1) is 10.5. The summed E-state index contributed by atoms with van der Waals surface area (Å²) in [6, 6.07) is 0. The number of nitrogens with zero attached hydrogens (tertiary/aromatic N) is 1. The second-order valence-electron chi connectivity index (χ2n) is 3.27. The number of sulfone groups is 1. The SMILES string of the molecule is CCS(=O)(=O)CCN1CCCC1=N. The van der Waals surface area contributed by atoms with Crippen molar-refractivity contribution in [3.8, 4) is 0 Å². The van der Waals surface area contributed by atoms with Gasteiger partial charge in [-0.15, -0.1) is 0 Å². The van der Waals surface area contributed by atoms with Crippen molar-refractivity contribution in [2.24, 2.45) is 0 Å². The average Bonchev–Trinajstić information content (AvgIpc) is 2.48. The summed E-state index contributed by atoms with van der Waals surface area (Å²) >= 11 is 0. The molecule has 13 heavy (non-hydrogen) atoms. The normalized spacial score (nSPS) is 18.2. The van der Waals surface area contributed by atoms with E-state index >= 15 is 0 Å². The monoisotopic (exact) mass is 204 g/mol. The minimum absolute atomic E-state index is 0.186. The van der Waals surface area contributed by atoms with Crippen LogP contribution in [-0.2, 0) is 9.84 Å². The van der Waals surface area contributed by atoms with Crippen molar-refractivity contribution in [2.75, 3.05) is 24.6 Å². The molecule has 0 saturated carbocycles. The smallest absolute Gasteiger partial charge is 0.151 e. The standard InChI is InChI=1S/C8H16N2O2S/c1-2-13(11,12)7-6-10-5-3-4-8(10)9/h9H,2-7H2,1H3. The van der Waals surface area contributed by atoms with Gasteiger partial charge in [0.2, 0.25) is 0 Å². The van der Waals surface area contributed by atoms with Crippen LogP contribution in [0.2, 0.25) is 0 Å². The second-order valence-corrected chi connectivity index (χ2v) is 5.75. The van der Waals surface area contributed by atoms with Crippen molar-refractivity contribution in [1.82, 2.24) is 4.90 Å². The zero-order chi connectivity index (χ0) is 9.90. The zero-order valence-corrected chi connectivity index (χ0v) is 8.73. The third-order valence-electron chi connectivity index (χ3n) is 2.34. The van der Waals surface area contributed by atoms with Crippen LogP contribution in [0.4, 0.5) is 0 Å². The van der Waals surface area contributed by atoms with Crippen molar-refractivity contribution in [1.29, 1.82) is 5.41 Å². The Morgan fingerprint density at radius 3 is 2.69 bits per heavy atom. The molecule has 1 aliphatic heterocycles. The van der Waals surface area contributed by atoms with Crippen molar-refractivity contribution in [2.45, 2.75) is 19.8 Å². The molecule has 0 aromatic heterocycles. The van der Waals surface area contributed by atoms with Crippen LogP contribution in [-0.4, -0.2) is 43.7 Å². The van der Waals surface area contributed by atoms with E-state index in [1.54, 1.807) is 6.92 Å². The Kier molecular flexibility index (Phi) is 3.30. The van der Waals surface area contributed by atoms with Gasteiger partial charge >= 0.3 is 0 Å². The topological polar surface area (TPSA) is 61.2 Å². The van der Waals surface area contributed by atoms with Crippen LogP contribution in [0.25, 0.3) is 0 Å². The Balaban J connectivity index is 2.38. The molecule has 1 fully saturated rings. The van der Waals surface area contributed by atoms with E-state index in [1.807, 2.05) is 4.90 Å². The van der Waals surface area contributed by atoms with Crippen LogP contribution in [0.3, 0.4) is 0 Å². The number of hydrogen-bond acceptors (Lipinski definition) is 3. The first-order valence-electron chi connectivity index (χ1n) is 4.58. The van der Waals surface area contributed by atoms with E-state index in [9.17, 15) is 8.42 Å².